The Morgan fingerprint density at radius 3 is 2.11 bits per heavy atom. The van der Waals surface area contributed by atoms with E-state index in [0.29, 0.717) is 5.56 Å². The van der Waals surface area contributed by atoms with Crippen molar-refractivity contribution < 1.29 is 13.2 Å². The van der Waals surface area contributed by atoms with E-state index in [2.05, 4.69) is 0 Å². The molecule has 0 saturated carbocycles. The highest BCUT2D eigenvalue weighted by Gasteiger charge is 2.35. The van der Waals surface area contributed by atoms with Crippen molar-refractivity contribution in [2.45, 2.75) is 51.5 Å². The highest BCUT2D eigenvalue weighted by atomic mass is 35.7. The second-order valence-electron chi connectivity index (χ2n) is 5.00. The summed E-state index contributed by atoms with van der Waals surface area (Å²) in [7, 11) is 1.83. The molecule has 1 aromatic carbocycles. The lowest BCUT2D eigenvalue weighted by Gasteiger charge is -2.15. The van der Waals surface area contributed by atoms with Crippen LogP contribution in [0.2, 0.25) is 0 Å². The van der Waals surface area contributed by atoms with Crippen LogP contribution in [0.25, 0.3) is 0 Å². The SMILES string of the molecule is Cc1c(C)c(S(=O)(=O)Cl)c(C)c2c1OC(C)C2C. The Balaban J connectivity index is 2.88. The second kappa shape index (κ2) is 4.14. The molecule has 0 N–H and O–H groups in total. The van der Waals surface area contributed by atoms with Crippen LogP contribution in [0.4, 0.5) is 0 Å². The van der Waals surface area contributed by atoms with Crippen LogP contribution in [0.15, 0.2) is 4.90 Å². The quantitative estimate of drug-likeness (QED) is 0.744. The molecule has 2 rings (SSSR count). The molecular weight excluding hydrogens is 272 g/mol. The fraction of sp³-hybridized carbons (Fsp3) is 0.538. The maximum absolute atomic E-state index is 11.7. The van der Waals surface area contributed by atoms with E-state index in [1.165, 1.54) is 0 Å². The Morgan fingerprint density at radius 2 is 1.61 bits per heavy atom. The van der Waals surface area contributed by atoms with Crippen LogP contribution in [0, 0.1) is 20.8 Å². The van der Waals surface area contributed by atoms with Gasteiger partial charge < -0.3 is 4.74 Å². The molecule has 0 amide bonds. The average Bonchev–Trinajstić information content (AvgIpc) is 2.51. The van der Waals surface area contributed by atoms with E-state index in [1.54, 1.807) is 13.8 Å². The molecular formula is C13H17ClO3S. The molecule has 1 aromatic rings. The summed E-state index contributed by atoms with van der Waals surface area (Å²) in [4.78, 5) is 0.241. The Bertz CT molecular complexity index is 620. The summed E-state index contributed by atoms with van der Waals surface area (Å²) in [5.74, 6) is 1.01. The predicted molar refractivity (Wildman–Crippen MR) is 72.2 cm³/mol. The van der Waals surface area contributed by atoms with Crippen molar-refractivity contribution in [3.63, 3.8) is 0 Å². The third-order valence-corrected chi connectivity index (χ3v) is 5.50. The van der Waals surface area contributed by atoms with Crippen molar-refractivity contribution in [2.75, 3.05) is 0 Å². The zero-order chi connectivity index (χ0) is 13.8. The first kappa shape index (κ1) is 13.7. The summed E-state index contributed by atoms with van der Waals surface area (Å²) in [5, 5.41) is 0. The molecule has 2 atom stereocenters. The lowest BCUT2D eigenvalue weighted by atomic mass is 9.91. The average molecular weight is 289 g/mol. The molecule has 0 radical (unpaired) electrons. The molecule has 0 spiro atoms. The number of rotatable bonds is 1. The van der Waals surface area contributed by atoms with Crippen LogP contribution in [-0.2, 0) is 9.05 Å². The number of ether oxygens (including phenoxy) is 1. The molecule has 3 nitrogen and oxygen atoms in total. The van der Waals surface area contributed by atoms with Gasteiger partial charge in [-0.15, -0.1) is 0 Å². The van der Waals surface area contributed by atoms with Crippen LogP contribution in [-0.4, -0.2) is 14.5 Å². The second-order valence-corrected chi connectivity index (χ2v) is 7.50. The lowest BCUT2D eigenvalue weighted by Crippen LogP contribution is -2.11. The van der Waals surface area contributed by atoms with Crippen LogP contribution >= 0.6 is 10.7 Å². The van der Waals surface area contributed by atoms with Gasteiger partial charge in [0.25, 0.3) is 9.05 Å². The molecule has 18 heavy (non-hydrogen) atoms. The van der Waals surface area contributed by atoms with Crippen molar-refractivity contribution >= 4 is 19.7 Å². The lowest BCUT2D eigenvalue weighted by molar-refractivity contribution is 0.231. The van der Waals surface area contributed by atoms with E-state index >= 15 is 0 Å². The molecule has 1 aliphatic rings. The monoisotopic (exact) mass is 288 g/mol. The summed E-state index contributed by atoms with van der Waals surface area (Å²) in [6.07, 6.45) is 0.0603. The Labute approximate surface area is 113 Å². The summed E-state index contributed by atoms with van der Waals surface area (Å²) in [5.41, 5.74) is 3.25. The molecule has 0 aliphatic carbocycles. The minimum atomic E-state index is -3.73. The highest BCUT2D eigenvalue weighted by molar-refractivity contribution is 8.13. The summed E-state index contributed by atoms with van der Waals surface area (Å²) < 4.78 is 29.3. The summed E-state index contributed by atoms with van der Waals surface area (Å²) >= 11 is 0. The number of hydrogen-bond donors (Lipinski definition) is 0. The van der Waals surface area contributed by atoms with E-state index in [9.17, 15) is 8.42 Å². The first-order valence-electron chi connectivity index (χ1n) is 5.91. The maximum Gasteiger partial charge on any atom is 0.261 e. The van der Waals surface area contributed by atoms with Gasteiger partial charge in [0.05, 0.1) is 4.90 Å². The first-order chi connectivity index (χ1) is 8.16. The van der Waals surface area contributed by atoms with Gasteiger partial charge in [0, 0.05) is 22.2 Å². The Kier molecular flexibility index (Phi) is 3.14. The van der Waals surface area contributed by atoms with Crippen LogP contribution in [0.5, 0.6) is 5.75 Å². The van der Waals surface area contributed by atoms with Gasteiger partial charge in [0.1, 0.15) is 11.9 Å². The van der Waals surface area contributed by atoms with Crippen molar-refractivity contribution in [3.05, 3.63) is 22.3 Å². The van der Waals surface area contributed by atoms with Gasteiger partial charge in [-0.2, -0.15) is 0 Å². The molecule has 100 valence electrons. The minimum absolute atomic E-state index is 0.0603. The molecule has 1 heterocycles. The molecule has 5 heteroatoms. The number of fused-ring (bicyclic) bond motifs is 1. The molecule has 0 saturated heterocycles. The van der Waals surface area contributed by atoms with E-state index in [0.717, 1.165) is 22.4 Å². The van der Waals surface area contributed by atoms with Crippen LogP contribution in [0.1, 0.15) is 42.0 Å². The van der Waals surface area contributed by atoms with Gasteiger partial charge in [0.15, 0.2) is 0 Å². The number of benzene rings is 1. The summed E-state index contributed by atoms with van der Waals surface area (Å²) in [6, 6.07) is 0. The molecule has 0 aromatic heterocycles. The van der Waals surface area contributed by atoms with Gasteiger partial charge >= 0.3 is 0 Å². The van der Waals surface area contributed by atoms with E-state index in [-0.39, 0.29) is 16.9 Å². The molecule has 2 unspecified atom stereocenters. The van der Waals surface area contributed by atoms with Gasteiger partial charge in [-0.25, -0.2) is 8.42 Å². The van der Waals surface area contributed by atoms with Crippen LogP contribution < -0.4 is 4.74 Å². The topological polar surface area (TPSA) is 43.4 Å². The normalized spacial score (nSPS) is 22.8. The Hall–Kier alpha value is -0.740. The first-order valence-corrected chi connectivity index (χ1v) is 8.22. The van der Waals surface area contributed by atoms with Gasteiger partial charge in [-0.3, -0.25) is 0 Å². The standard InChI is InChI=1S/C13H17ClO3S/c1-6-7(2)13(18(14,15)16)9(4)11-8(3)10(5)17-12(6)11/h8,10H,1-5H3. The largest absolute Gasteiger partial charge is 0.489 e. The van der Waals surface area contributed by atoms with E-state index in [1.807, 2.05) is 20.8 Å². The van der Waals surface area contributed by atoms with Crippen LogP contribution in [0.3, 0.4) is 0 Å². The minimum Gasteiger partial charge on any atom is -0.489 e. The molecule has 1 aliphatic heterocycles. The van der Waals surface area contributed by atoms with E-state index in [4.69, 9.17) is 15.4 Å². The highest BCUT2D eigenvalue weighted by Crippen LogP contribution is 2.46. The third kappa shape index (κ3) is 1.82. The van der Waals surface area contributed by atoms with Crippen molar-refractivity contribution in [1.29, 1.82) is 0 Å². The zero-order valence-corrected chi connectivity index (χ0v) is 12.7. The number of hydrogen-bond acceptors (Lipinski definition) is 3. The van der Waals surface area contributed by atoms with Gasteiger partial charge in [0.2, 0.25) is 0 Å². The fourth-order valence-corrected chi connectivity index (χ4v) is 4.39. The fourth-order valence-electron chi connectivity index (χ4n) is 2.71. The molecule has 0 bridgehead atoms. The Morgan fingerprint density at radius 1 is 1.06 bits per heavy atom. The zero-order valence-electron chi connectivity index (χ0n) is 11.2. The third-order valence-electron chi connectivity index (χ3n) is 3.94. The van der Waals surface area contributed by atoms with Crippen molar-refractivity contribution in [1.82, 2.24) is 0 Å². The van der Waals surface area contributed by atoms with E-state index < -0.39 is 9.05 Å². The number of halogens is 1. The van der Waals surface area contributed by atoms with Gasteiger partial charge in [-0.1, -0.05) is 6.92 Å². The summed E-state index contributed by atoms with van der Waals surface area (Å²) in [6.45, 7) is 9.49. The predicted octanol–water partition coefficient (Wildman–Crippen LogP) is 3.42. The molecule has 0 fully saturated rings. The van der Waals surface area contributed by atoms with Crippen molar-refractivity contribution in [2.24, 2.45) is 0 Å². The maximum atomic E-state index is 11.7. The van der Waals surface area contributed by atoms with Crippen molar-refractivity contribution in [3.8, 4) is 5.75 Å². The van der Waals surface area contributed by atoms with Gasteiger partial charge in [-0.05, 0) is 44.4 Å². The smallest absolute Gasteiger partial charge is 0.261 e.